The van der Waals surface area contributed by atoms with Crippen LogP contribution in [0.3, 0.4) is 0 Å². The molecule has 0 amide bonds. The van der Waals surface area contributed by atoms with Crippen LogP contribution in [-0.2, 0) is 0 Å². The SMILES string of the molecule is CCCNCCCN(CC(C)C)C1CC1. The van der Waals surface area contributed by atoms with E-state index in [1.807, 2.05) is 0 Å². The highest BCUT2D eigenvalue weighted by Crippen LogP contribution is 2.27. The molecular formula is C13H28N2. The van der Waals surface area contributed by atoms with E-state index in [2.05, 4.69) is 31.0 Å². The van der Waals surface area contributed by atoms with E-state index in [-0.39, 0.29) is 0 Å². The van der Waals surface area contributed by atoms with Gasteiger partial charge in [-0.15, -0.1) is 0 Å². The highest BCUT2D eigenvalue weighted by molar-refractivity contribution is 4.84. The minimum absolute atomic E-state index is 0.814. The summed E-state index contributed by atoms with van der Waals surface area (Å²) in [4.78, 5) is 2.69. The molecule has 0 bridgehead atoms. The van der Waals surface area contributed by atoms with Gasteiger partial charge in [0.1, 0.15) is 0 Å². The Morgan fingerprint density at radius 2 is 2.00 bits per heavy atom. The van der Waals surface area contributed by atoms with Crippen molar-refractivity contribution in [1.82, 2.24) is 10.2 Å². The molecule has 0 aromatic rings. The quantitative estimate of drug-likeness (QED) is 0.591. The molecule has 2 heteroatoms. The maximum atomic E-state index is 3.48. The fourth-order valence-electron chi connectivity index (χ4n) is 2.04. The molecule has 90 valence electrons. The zero-order valence-corrected chi connectivity index (χ0v) is 10.8. The van der Waals surface area contributed by atoms with Crippen molar-refractivity contribution < 1.29 is 0 Å². The van der Waals surface area contributed by atoms with Crippen molar-refractivity contribution in [3.8, 4) is 0 Å². The summed E-state index contributed by atoms with van der Waals surface area (Å²) in [5, 5.41) is 3.48. The molecule has 0 radical (unpaired) electrons. The lowest BCUT2D eigenvalue weighted by molar-refractivity contribution is 0.231. The minimum atomic E-state index is 0.814. The van der Waals surface area contributed by atoms with Gasteiger partial charge in [0.15, 0.2) is 0 Å². The van der Waals surface area contributed by atoms with E-state index in [0.29, 0.717) is 0 Å². The Morgan fingerprint density at radius 3 is 2.53 bits per heavy atom. The molecular weight excluding hydrogens is 184 g/mol. The monoisotopic (exact) mass is 212 g/mol. The summed E-state index contributed by atoms with van der Waals surface area (Å²) in [6, 6.07) is 0.929. The topological polar surface area (TPSA) is 15.3 Å². The summed E-state index contributed by atoms with van der Waals surface area (Å²) in [7, 11) is 0. The van der Waals surface area contributed by atoms with Gasteiger partial charge in [0, 0.05) is 12.6 Å². The van der Waals surface area contributed by atoms with Crippen LogP contribution in [0.25, 0.3) is 0 Å². The average molecular weight is 212 g/mol. The van der Waals surface area contributed by atoms with E-state index >= 15 is 0 Å². The van der Waals surface area contributed by atoms with Crippen molar-refractivity contribution in [2.24, 2.45) is 5.92 Å². The van der Waals surface area contributed by atoms with Crippen molar-refractivity contribution >= 4 is 0 Å². The third-order valence-electron chi connectivity index (χ3n) is 2.89. The zero-order chi connectivity index (χ0) is 11.1. The van der Waals surface area contributed by atoms with Crippen LogP contribution in [0.4, 0.5) is 0 Å². The van der Waals surface area contributed by atoms with Gasteiger partial charge >= 0.3 is 0 Å². The van der Waals surface area contributed by atoms with E-state index in [4.69, 9.17) is 0 Å². The van der Waals surface area contributed by atoms with Crippen LogP contribution in [-0.4, -0.2) is 37.1 Å². The summed E-state index contributed by atoms with van der Waals surface area (Å²) in [5.41, 5.74) is 0. The van der Waals surface area contributed by atoms with E-state index in [1.165, 1.54) is 51.9 Å². The van der Waals surface area contributed by atoms with E-state index < -0.39 is 0 Å². The maximum Gasteiger partial charge on any atom is 0.00965 e. The Hall–Kier alpha value is -0.0800. The molecule has 0 unspecified atom stereocenters. The van der Waals surface area contributed by atoms with Crippen LogP contribution in [0, 0.1) is 5.92 Å². The van der Waals surface area contributed by atoms with Gasteiger partial charge in [0.2, 0.25) is 0 Å². The van der Waals surface area contributed by atoms with Gasteiger partial charge in [-0.05, 0) is 51.2 Å². The summed E-state index contributed by atoms with van der Waals surface area (Å²) in [6.45, 7) is 11.8. The first-order valence-electron chi connectivity index (χ1n) is 6.68. The molecule has 0 atom stereocenters. The Kier molecular flexibility index (Phi) is 6.26. The summed E-state index contributed by atoms with van der Waals surface area (Å²) >= 11 is 0. The van der Waals surface area contributed by atoms with E-state index in [1.54, 1.807) is 0 Å². The van der Waals surface area contributed by atoms with Crippen molar-refractivity contribution in [2.75, 3.05) is 26.2 Å². The predicted octanol–water partition coefficient (Wildman–Crippen LogP) is 2.50. The smallest absolute Gasteiger partial charge is 0.00965 e. The third-order valence-corrected chi connectivity index (χ3v) is 2.89. The molecule has 0 heterocycles. The van der Waals surface area contributed by atoms with Crippen LogP contribution in [0.1, 0.15) is 46.5 Å². The van der Waals surface area contributed by atoms with Crippen LogP contribution in [0.5, 0.6) is 0 Å². The first-order valence-corrected chi connectivity index (χ1v) is 6.68. The van der Waals surface area contributed by atoms with Crippen molar-refractivity contribution in [2.45, 2.75) is 52.5 Å². The maximum absolute atomic E-state index is 3.48. The van der Waals surface area contributed by atoms with Crippen molar-refractivity contribution in [3.05, 3.63) is 0 Å². The number of nitrogens with zero attached hydrogens (tertiary/aromatic N) is 1. The second-order valence-corrected chi connectivity index (χ2v) is 5.22. The van der Waals surface area contributed by atoms with Crippen LogP contribution in [0.2, 0.25) is 0 Å². The van der Waals surface area contributed by atoms with Gasteiger partial charge in [-0.25, -0.2) is 0 Å². The second kappa shape index (κ2) is 7.24. The molecule has 0 saturated heterocycles. The average Bonchev–Trinajstić information content (AvgIpc) is 2.98. The summed E-state index contributed by atoms with van der Waals surface area (Å²) in [5.74, 6) is 0.814. The predicted molar refractivity (Wildman–Crippen MR) is 67.2 cm³/mol. The standard InChI is InChI=1S/C13H28N2/c1-4-8-14-9-5-10-15(11-12(2)3)13-6-7-13/h12-14H,4-11H2,1-3H3. The number of nitrogens with one attached hydrogen (secondary N) is 1. The van der Waals surface area contributed by atoms with Gasteiger partial charge in [0.05, 0.1) is 0 Å². The van der Waals surface area contributed by atoms with E-state index in [9.17, 15) is 0 Å². The first-order chi connectivity index (χ1) is 7.24. The van der Waals surface area contributed by atoms with Gasteiger partial charge in [-0.2, -0.15) is 0 Å². The number of rotatable bonds is 9. The molecule has 0 aromatic heterocycles. The lowest BCUT2D eigenvalue weighted by atomic mass is 10.2. The molecule has 15 heavy (non-hydrogen) atoms. The molecule has 0 aromatic carbocycles. The lowest BCUT2D eigenvalue weighted by Crippen LogP contribution is -2.32. The Morgan fingerprint density at radius 1 is 1.27 bits per heavy atom. The van der Waals surface area contributed by atoms with Gasteiger partial charge < -0.3 is 10.2 Å². The molecule has 1 fully saturated rings. The first kappa shape index (κ1) is 13.0. The van der Waals surface area contributed by atoms with Crippen molar-refractivity contribution in [3.63, 3.8) is 0 Å². The molecule has 0 spiro atoms. The third kappa shape index (κ3) is 6.16. The summed E-state index contributed by atoms with van der Waals surface area (Å²) < 4.78 is 0. The number of hydrogen-bond acceptors (Lipinski definition) is 2. The molecule has 1 saturated carbocycles. The van der Waals surface area contributed by atoms with Gasteiger partial charge in [0.25, 0.3) is 0 Å². The van der Waals surface area contributed by atoms with Gasteiger partial charge in [-0.1, -0.05) is 20.8 Å². The highest BCUT2D eigenvalue weighted by Gasteiger charge is 2.28. The molecule has 1 rings (SSSR count). The number of hydrogen-bond donors (Lipinski definition) is 1. The van der Waals surface area contributed by atoms with Crippen molar-refractivity contribution in [1.29, 1.82) is 0 Å². The van der Waals surface area contributed by atoms with Crippen LogP contribution >= 0.6 is 0 Å². The second-order valence-electron chi connectivity index (χ2n) is 5.22. The largest absolute Gasteiger partial charge is 0.317 e. The highest BCUT2D eigenvalue weighted by atomic mass is 15.2. The molecule has 1 aliphatic rings. The Balaban J connectivity index is 2.04. The van der Waals surface area contributed by atoms with Crippen LogP contribution in [0.15, 0.2) is 0 Å². The normalized spacial score (nSPS) is 16.6. The molecule has 2 nitrogen and oxygen atoms in total. The molecule has 1 N–H and O–H groups in total. The molecule has 1 aliphatic carbocycles. The van der Waals surface area contributed by atoms with Gasteiger partial charge in [-0.3, -0.25) is 0 Å². The van der Waals surface area contributed by atoms with E-state index in [0.717, 1.165) is 12.0 Å². The fourth-order valence-corrected chi connectivity index (χ4v) is 2.04. The zero-order valence-electron chi connectivity index (χ0n) is 10.8. The minimum Gasteiger partial charge on any atom is -0.317 e. The molecule has 0 aliphatic heterocycles. The summed E-state index contributed by atoms with van der Waals surface area (Å²) in [6.07, 6.45) is 5.44. The fraction of sp³-hybridized carbons (Fsp3) is 1.00. The van der Waals surface area contributed by atoms with Crippen LogP contribution < -0.4 is 5.32 Å². The Bertz CT molecular complexity index is 153. The Labute approximate surface area is 95.4 Å². The lowest BCUT2D eigenvalue weighted by Gasteiger charge is -2.23.